The first-order chi connectivity index (χ1) is 10.1. The molecule has 0 radical (unpaired) electrons. The van der Waals surface area contributed by atoms with Crippen LogP contribution in [-0.2, 0) is 10.0 Å². The lowest BCUT2D eigenvalue weighted by Gasteiger charge is -2.10. The van der Waals surface area contributed by atoms with E-state index in [1.165, 1.54) is 18.2 Å². The SMILES string of the molecule is O=S(=O)(Nc1cccc(O)c1)c1cccc2cccnc12. The zero-order chi connectivity index (χ0) is 14.9. The van der Waals surface area contributed by atoms with Crippen LogP contribution in [0.5, 0.6) is 5.75 Å². The Morgan fingerprint density at radius 3 is 2.57 bits per heavy atom. The molecule has 0 amide bonds. The molecule has 5 nitrogen and oxygen atoms in total. The maximum absolute atomic E-state index is 12.5. The van der Waals surface area contributed by atoms with Crippen LogP contribution < -0.4 is 4.72 Å². The lowest BCUT2D eigenvalue weighted by atomic mass is 10.2. The van der Waals surface area contributed by atoms with Gasteiger partial charge in [0.1, 0.15) is 10.6 Å². The van der Waals surface area contributed by atoms with Crippen LogP contribution in [0, 0.1) is 0 Å². The van der Waals surface area contributed by atoms with Crippen molar-refractivity contribution in [1.82, 2.24) is 4.98 Å². The molecular formula is C15H12N2O3S. The largest absolute Gasteiger partial charge is 0.508 e. The normalized spacial score (nSPS) is 11.4. The first kappa shape index (κ1) is 13.4. The van der Waals surface area contributed by atoms with E-state index >= 15 is 0 Å². The summed E-state index contributed by atoms with van der Waals surface area (Å²) in [7, 11) is -3.78. The molecule has 0 spiro atoms. The number of aromatic nitrogens is 1. The van der Waals surface area contributed by atoms with E-state index in [9.17, 15) is 13.5 Å². The fraction of sp³-hybridized carbons (Fsp3) is 0. The average Bonchev–Trinajstić information content (AvgIpc) is 2.46. The highest BCUT2D eigenvalue weighted by Gasteiger charge is 2.18. The van der Waals surface area contributed by atoms with Gasteiger partial charge in [-0.25, -0.2) is 8.42 Å². The monoisotopic (exact) mass is 300 g/mol. The first-order valence-corrected chi connectivity index (χ1v) is 7.70. The van der Waals surface area contributed by atoms with Crippen molar-refractivity contribution in [2.45, 2.75) is 4.90 Å². The smallest absolute Gasteiger partial charge is 0.264 e. The summed E-state index contributed by atoms with van der Waals surface area (Å²) >= 11 is 0. The van der Waals surface area contributed by atoms with Gasteiger partial charge in [-0.05, 0) is 24.3 Å². The second kappa shape index (κ2) is 5.06. The van der Waals surface area contributed by atoms with E-state index in [0.29, 0.717) is 11.2 Å². The van der Waals surface area contributed by atoms with Crippen molar-refractivity contribution in [3.63, 3.8) is 0 Å². The molecule has 21 heavy (non-hydrogen) atoms. The third-order valence-electron chi connectivity index (χ3n) is 2.98. The number of para-hydroxylation sites is 1. The molecule has 2 aromatic carbocycles. The number of phenols is 1. The van der Waals surface area contributed by atoms with Gasteiger partial charge in [0, 0.05) is 17.6 Å². The third-order valence-corrected chi connectivity index (χ3v) is 4.40. The van der Waals surface area contributed by atoms with E-state index in [2.05, 4.69) is 9.71 Å². The van der Waals surface area contributed by atoms with Crippen molar-refractivity contribution < 1.29 is 13.5 Å². The summed E-state index contributed by atoms with van der Waals surface area (Å²) in [5.41, 5.74) is 0.704. The van der Waals surface area contributed by atoms with Gasteiger partial charge in [-0.1, -0.05) is 24.3 Å². The molecule has 0 fully saturated rings. The summed E-state index contributed by atoms with van der Waals surface area (Å²) in [5, 5.41) is 10.2. The van der Waals surface area contributed by atoms with Gasteiger partial charge in [0.25, 0.3) is 10.0 Å². The van der Waals surface area contributed by atoms with Crippen LogP contribution in [0.3, 0.4) is 0 Å². The molecule has 0 bridgehead atoms. The molecule has 0 aliphatic heterocycles. The minimum Gasteiger partial charge on any atom is -0.508 e. The van der Waals surface area contributed by atoms with Gasteiger partial charge in [-0.3, -0.25) is 9.71 Å². The van der Waals surface area contributed by atoms with Crippen LogP contribution in [0.15, 0.2) is 65.7 Å². The molecule has 106 valence electrons. The van der Waals surface area contributed by atoms with Crippen LogP contribution in [0.2, 0.25) is 0 Å². The molecule has 2 N–H and O–H groups in total. The summed E-state index contributed by atoms with van der Waals surface area (Å²) in [4.78, 5) is 4.24. The summed E-state index contributed by atoms with van der Waals surface area (Å²) in [6.45, 7) is 0. The van der Waals surface area contributed by atoms with Crippen LogP contribution in [0.1, 0.15) is 0 Å². The van der Waals surface area contributed by atoms with Gasteiger partial charge in [-0.2, -0.15) is 0 Å². The van der Waals surface area contributed by atoms with Gasteiger partial charge in [0.15, 0.2) is 0 Å². The Bertz CT molecular complexity index is 902. The Kier molecular flexibility index (Phi) is 3.23. The van der Waals surface area contributed by atoms with Gasteiger partial charge in [0.2, 0.25) is 0 Å². The van der Waals surface area contributed by atoms with Gasteiger partial charge in [0.05, 0.1) is 11.2 Å². The Hall–Kier alpha value is -2.60. The minimum atomic E-state index is -3.78. The van der Waals surface area contributed by atoms with Crippen LogP contribution in [0.25, 0.3) is 10.9 Å². The maximum atomic E-state index is 12.5. The number of sulfonamides is 1. The third kappa shape index (κ3) is 2.66. The predicted octanol–water partition coefficient (Wildman–Crippen LogP) is 2.74. The van der Waals surface area contributed by atoms with Crippen LogP contribution >= 0.6 is 0 Å². The number of pyridine rings is 1. The van der Waals surface area contributed by atoms with Crippen molar-refractivity contribution in [2.75, 3.05) is 4.72 Å². The second-order valence-corrected chi connectivity index (χ2v) is 6.14. The Morgan fingerprint density at radius 1 is 1.00 bits per heavy atom. The number of hydrogen-bond donors (Lipinski definition) is 2. The number of phenolic OH excluding ortho intramolecular Hbond substituents is 1. The summed E-state index contributed by atoms with van der Waals surface area (Å²) < 4.78 is 27.4. The summed E-state index contributed by atoms with van der Waals surface area (Å²) in [6.07, 6.45) is 1.55. The van der Waals surface area contributed by atoms with Gasteiger partial charge < -0.3 is 5.11 Å². The molecule has 1 heterocycles. The molecule has 0 unspecified atom stereocenters. The number of fused-ring (bicyclic) bond motifs is 1. The molecule has 6 heteroatoms. The zero-order valence-corrected chi connectivity index (χ0v) is 11.7. The number of aromatic hydroxyl groups is 1. The Morgan fingerprint density at radius 2 is 1.76 bits per heavy atom. The lowest BCUT2D eigenvalue weighted by Crippen LogP contribution is -2.13. The molecule has 0 saturated carbocycles. The Balaban J connectivity index is 2.09. The number of nitrogens with zero attached hydrogens (tertiary/aromatic N) is 1. The number of hydrogen-bond acceptors (Lipinski definition) is 4. The standard InChI is InChI=1S/C15H12N2O3S/c18-13-7-2-6-12(10-13)17-21(19,20)14-8-1-4-11-5-3-9-16-15(11)14/h1-10,17-18H. The fourth-order valence-electron chi connectivity index (χ4n) is 2.07. The molecule has 0 aliphatic carbocycles. The van der Waals surface area contributed by atoms with Crippen molar-refractivity contribution in [1.29, 1.82) is 0 Å². The van der Waals surface area contributed by atoms with E-state index in [4.69, 9.17) is 0 Å². The summed E-state index contributed by atoms with van der Waals surface area (Å²) in [5.74, 6) is -0.00811. The molecular weight excluding hydrogens is 288 g/mol. The van der Waals surface area contributed by atoms with E-state index in [0.717, 1.165) is 5.39 Å². The number of benzene rings is 2. The topological polar surface area (TPSA) is 79.3 Å². The van der Waals surface area contributed by atoms with Crippen LogP contribution in [0.4, 0.5) is 5.69 Å². The highest BCUT2D eigenvalue weighted by atomic mass is 32.2. The molecule has 1 aromatic heterocycles. The van der Waals surface area contributed by atoms with E-state index < -0.39 is 10.0 Å². The maximum Gasteiger partial charge on any atom is 0.264 e. The highest BCUT2D eigenvalue weighted by molar-refractivity contribution is 7.93. The molecule has 0 aliphatic rings. The number of nitrogens with one attached hydrogen (secondary N) is 1. The summed E-state index contributed by atoms with van der Waals surface area (Å²) in [6, 6.07) is 14.5. The zero-order valence-electron chi connectivity index (χ0n) is 10.9. The molecule has 3 rings (SSSR count). The quantitative estimate of drug-likeness (QED) is 0.779. The van der Waals surface area contributed by atoms with Crippen molar-refractivity contribution in [3.05, 3.63) is 60.8 Å². The lowest BCUT2D eigenvalue weighted by molar-refractivity contribution is 0.475. The van der Waals surface area contributed by atoms with Crippen LogP contribution in [-0.4, -0.2) is 18.5 Å². The van der Waals surface area contributed by atoms with E-state index in [1.54, 1.807) is 42.6 Å². The highest BCUT2D eigenvalue weighted by Crippen LogP contribution is 2.24. The van der Waals surface area contributed by atoms with E-state index in [1.807, 2.05) is 0 Å². The molecule has 3 aromatic rings. The fourth-order valence-corrected chi connectivity index (χ4v) is 3.30. The van der Waals surface area contributed by atoms with Gasteiger partial charge in [-0.15, -0.1) is 0 Å². The predicted molar refractivity (Wildman–Crippen MR) is 80.7 cm³/mol. The minimum absolute atomic E-state index is 0.00811. The first-order valence-electron chi connectivity index (χ1n) is 6.22. The average molecular weight is 300 g/mol. The number of rotatable bonds is 3. The van der Waals surface area contributed by atoms with Crippen molar-refractivity contribution in [2.24, 2.45) is 0 Å². The van der Waals surface area contributed by atoms with Crippen molar-refractivity contribution in [3.8, 4) is 5.75 Å². The molecule has 0 saturated heterocycles. The number of anilines is 1. The van der Waals surface area contributed by atoms with Gasteiger partial charge >= 0.3 is 0 Å². The van der Waals surface area contributed by atoms with Crippen molar-refractivity contribution >= 4 is 26.6 Å². The molecule has 0 atom stereocenters. The second-order valence-electron chi connectivity index (χ2n) is 4.49. The van der Waals surface area contributed by atoms with E-state index in [-0.39, 0.29) is 10.6 Å². The Labute approximate surface area is 121 Å².